The molecule has 2 heterocycles. The molecule has 0 radical (unpaired) electrons. The zero-order valence-corrected chi connectivity index (χ0v) is 17.2. The zero-order valence-electron chi connectivity index (χ0n) is 16.3. The summed E-state index contributed by atoms with van der Waals surface area (Å²) in [7, 11) is -3.66. The summed E-state index contributed by atoms with van der Waals surface area (Å²) in [4.78, 5) is 4.65. The van der Waals surface area contributed by atoms with Crippen molar-refractivity contribution in [2.75, 3.05) is 10.0 Å². The van der Waals surface area contributed by atoms with E-state index in [0.717, 1.165) is 34.1 Å². The Morgan fingerprint density at radius 3 is 2.17 bits per heavy atom. The van der Waals surface area contributed by atoms with Crippen LogP contribution in [0, 0.1) is 20.8 Å². The Kier molecular flexibility index (Phi) is 4.71. The minimum Gasteiger partial charge on any atom is -0.340 e. The molecule has 29 heavy (non-hydrogen) atoms. The van der Waals surface area contributed by atoms with Crippen molar-refractivity contribution < 1.29 is 8.42 Å². The normalized spacial score (nSPS) is 11.6. The molecule has 4 rings (SSSR count). The molecule has 2 aromatic heterocycles. The van der Waals surface area contributed by atoms with Crippen molar-refractivity contribution in [2.45, 2.75) is 25.7 Å². The van der Waals surface area contributed by atoms with E-state index in [9.17, 15) is 8.42 Å². The Morgan fingerprint density at radius 1 is 0.828 bits per heavy atom. The summed E-state index contributed by atoms with van der Waals surface area (Å²) in [5, 5.41) is 7.73. The number of aromatic nitrogens is 3. The molecule has 8 heteroatoms. The molecule has 0 aliphatic rings. The van der Waals surface area contributed by atoms with Gasteiger partial charge in [-0.2, -0.15) is 9.61 Å². The maximum Gasteiger partial charge on any atom is 0.261 e. The molecule has 0 unspecified atom stereocenters. The molecule has 0 aliphatic heterocycles. The first-order chi connectivity index (χ1) is 13.8. The summed E-state index contributed by atoms with van der Waals surface area (Å²) < 4.78 is 29.6. The molecule has 2 aromatic carbocycles. The molecule has 2 N–H and O–H groups in total. The van der Waals surface area contributed by atoms with E-state index in [1.807, 2.05) is 45.0 Å². The number of anilines is 3. The third kappa shape index (κ3) is 4.07. The van der Waals surface area contributed by atoms with Crippen LogP contribution in [0.3, 0.4) is 0 Å². The quantitative estimate of drug-likeness (QED) is 0.518. The van der Waals surface area contributed by atoms with Crippen LogP contribution in [-0.2, 0) is 10.0 Å². The number of nitrogens with zero attached hydrogens (tertiary/aromatic N) is 3. The highest BCUT2D eigenvalue weighted by Gasteiger charge is 2.14. The highest BCUT2D eigenvalue weighted by atomic mass is 32.2. The predicted octanol–water partition coefficient (Wildman–Crippen LogP) is 4.20. The molecule has 0 saturated heterocycles. The first-order valence-corrected chi connectivity index (χ1v) is 10.6. The van der Waals surface area contributed by atoms with Crippen molar-refractivity contribution >= 4 is 32.9 Å². The minimum atomic E-state index is -3.66. The fraction of sp³-hybridized carbons (Fsp3) is 0.143. The Labute approximate surface area is 169 Å². The van der Waals surface area contributed by atoms with Crippen molar-refractivity contribution in [3.8, 4) is 0 Å². The minimum absolute atomic E-state index is 0.189. The second-order valence-electron chi connectivity index (χ2n) is 6.96. The molecule has 4 aromatic rings. The van der Waals surface area contributed by atoms with E-state index < -0.39 is 10.0 Å². The van der Waals surface area contributed by atoms with Crippen LogP contribution in [0.1, 0.15) is 17.0 Å². The van der Waals surface area contributed by atoms with E-state index >= 15 is 0 Å². The van der Waals surface area contributed by atoms with Crippen molar-refractivity contribution in [3.63, 3.8) is 0 Å². The van der Waals surface area contributed by atoms with E-state index in [2.05, 4.69) is 20.1 Å². The molecule has 7 nitrogen and oxygen atoms in total. The van der Waals surface area contributed by atoms with Crippen LogP contribution in [0.2, 0.25) is 0 Å². The van der Waals surface area contributed by atoms with Crippen LogP contribution >= 0.6 is 0 Å². The third-order valence-corrected chi connectivity index (χ3v) is 5.82. The van der Waals surface area contributed by atoms with Gasteiger partial charge in [-0.3, -0.25) is 4.72 Å². The number of fused-ring (bicyclic) bond motifs is 1. The predicted molar refractivity (Wildman–Crippen MR) is 114 cm³/mol. The van der Waals surface area contributed by atoms with E-state index in [-0.39, 0.29) is 4.90 Å². The maximum absolute atomic E-state index is 12.6. The first-order valence-electron chi connectivity index (χ1n) is 9.11. The molecule has 0 fully saturated rings. The molecule has 148 valence electrons. The van der Waals surface area contributed by atoms with E-state index in [0.29, 0.717) is 5.69 Å². The van der Waals surface area contributed by atoms with Crippen LogP contribution < -0.4 is 10.0 Å². The molecule has 0 spiro atoms. The van der Waals surface area contributed by atoms with Crippen LogP contribution in [0.15, 0.2) is 65.6 Å². The van der Waals surface area contributed by atoms with Gasteiger partial charge in [0.25, 0.3) is 10.0 Å². The Hall–Kier alpha value is -3.39. The SMILES string of the molecule is Cc1ccc(NS(=O)(=O)c2ccc(Nc3cc(C)nc4cc(C)nn34)cc2)cc1. The summed E-state index contributed by atoms with van der Waals surface area (Å²) in [6.07, 6.45) is 0. The number of aryl methyl sites for hydroxylation is 3. The third-order valence-electron chi connectivity index (χ3n) is 4.42. The van der Waals surface area contributed by atoms with Crippen molar-refractivity contribution in [2.24, 2.45) is 0 Å². The zero-order chi connectivity index (χ0) is 20.6. The Balaban J connectivity index is 1.57. The standard InChI is InChI=1S/C21H21N5O2S/c1-14-4-6-18(7-5-14)25-29(27,28)19-10-8-17(9-11-19)23-21-12-15(2)22-20-13-16(3)24-26(20)21/h4-13,23,25H,1-3H3. The van der Waals surface area contributed by atoms with Gasteiger partial charge >= 0.3 is 0 Å². The van der Waals surface area contributed by atoms with Gasteiger partial charge in [-0.15, -0.1) is 0 Å². The van der Waals surface area contributed by atoms with Crippen LogP contribution in [0.4, 0.5) is 17.2 Å². The van der Waals surface area contributed by atoms with Crippen molar-refractivity contribution in [1.82, 2.24) is 14.6 Å². The summed E-state index contributed by atoms with van der Waals surface area (Å²) in [6, 6.07) is 17.6. The van der Waals surface area contributed by atoms with Crippen LogP contribution in [0.25, 0.3) is 5.65 Å². The first kappa shape index (κ1) is 18.9. The topological polar surface area (TPSA) is 88.4 Å². The largest absolute Gasteiger partial charge is 0.340 e. The van der Waals surface area contributed by atoms with E-state index in [4.69, 9.17) is 0 Å². The van der Waals surface area contributed by atoms with Gasteiger partial charge in [0.05, 0.1) is 10.6 Å². The highest BCUT2D eigenvalue weighted by Crippen LogP contribution is 2.22. The lowest BCUT2D eigenvalue weighted by Gasteiger charge is -2.11. The molecule has 0 saturated carbocycles. The number of nitrogens with one attached hydrogen (secondary N) is 2. The van der Waals surface area contributed by atoms with Crippen molar-refractivity contribution in [3.05, 3.63) is 77.6 Å². The van der Waals surface area contributed by atoms with Gasteiger partial charge in [0.15, 0.2) is 5.65 Å². The van der Waals surface area contributed by atoms with E-state index in [1.165, 1.54) is 0 Å². The molecular weight excluding hydrogens is 386 g/mol. The number of hydrogen-bond donors (Lipinski definition) is 2. The summed E-state index contributed by atoms with van der Waals surface area (Å²) in [6.45, 7) is 5.78. The monoisotopic (exact) mass is 407 g/mol. The summed E-state index contributed by atoms with van der Waals surface area (Å²) in [5.74, 6) is 0.758. The molecule has 0 bridgehead atoms. The summed E-state index contributed by atoms with van der Waals surface area (Å²) in [5.41, 5.74) is 4.83. The number of rotatable bonds is 5. The second-order valence-corrected chi connectivity index (χ2v) is 8.64. The fourth-order valence-electron chi connectivity index (χ4n) is 3.00. The molecular formula is C21H21N5O2S. The summed E-state index contributed by atoms with van der Waals surface area (Å²) >= 11 is 0. The lowest BCUT2D eigenvalue weighted by Crippen LogP contribution is -2.12. The van der Waals surface area contributed by atoms with Gasteiger partial charge in [-0.1, -0.05) is 17.7 Å². The van der Waals surface area contributed by atoms with Crippen LogP contribution in [0.5, 0.6) is 0 Å². The average molecular weight is 407 g/mol. The number of benzene rings is 2. The van der Waals surface area contributed by atoms with Crippen molar-refractivity contribution in [1.29, 1.82) is 0 Å². The molecule has 0 amide bonds. The smallest absolute Gasteiger partial charge is 0.261 e. The highest BCUT2D eigenvalue weighted by molar-refractivity contribution is 7.92. The fourth-order valence-corrected chi connectivity index (χ4v) is 4.06. The van der Waals surface area contributed by atoms with Gasteiger partial charge in [-0.05, 0) is 57.2 Å². The lowest BCUT2D eigenvalue weighted by molar-refractivity contribution is 0.601. The van der Waals surface area contributed by atoms with E-state index in [1.54, 1.807) is 40.9 Å². The maximum atomic E-state index is 12.6. The molecule has 0 atom stereocenters. The second kappa shape index (κ2) is 7.21. The van der Waals surface area contributed by atoms with Gasteiger partial charge in [0.2, 0.25) is 0 Å². The number of hydrogen-bond acceptors (Lipinski definition) is 5. The van der Waals surface area contributed by atoms with Crippen LogP contribution in [-0.4, -0.2) is 23.0 Å². The van der Waals surface area contributed by atoms with Gasteiger partial charge in [0.1, 0.15) is 5.82 Å². The van der Waals surface area contributed by atoms with Gasteiger partial charge in [-0.25, -0.2) is 13.4 Å². The molecule has 0 aliphatic carbocycles. The van der Waals surface area contributed by atoms with Gasteiger partial charge < -0.3 is 5.32 Å². The Bertz CT molecular complexity index is 1280. The lowest BCUT2D eigenvalue weighted by atomic mass is 10.2. The number of sulfonamides is 1. The van der Waals surface area contributed by atoms with Gasteiger partial charge in [0, 0.05) is 29.2 Å². The Morgan fingerprint density at radius 2 is 1.48 bits per heavy atom. The average Bonchev–Trinajstić information content (AvgIpc) is 3.04.